The monoisotopic (exact) mass is 271 g/mol. The van der Waals surface area contributed by atoms with Gasteiger partial charge in [-0.15, -0.1) is 0 Å². The second kappa shape index (κ2) is 5.47. The van der Waals surface area contributed by atoms with Crippen LogP contribution in [-0.2, 0) is 6.42 Å². The zero-order valence-corrected chi connectivity index (χ0v) is 12.4. The average Bonchev–Trinajstić information content (AvgIpc) is 3.07. The Morgan fingerprint density at radius 3 is 2.65 bits per heavy atom. The van der Waals surface area contributed by atoms with Crippen LogP contribution in [0, 0.1) is 0 Å². The predicted octanol–water partition coefficient (Wildman–Crippen LogP) is 2.95. The number of nitrogens with two attached hydrogens (primary N) is 1. The molecule has 3 rings (SSSR count). The topological polar surface area (TPSA) is 41.6 Å². The fourth-order valence-electron chi connectivity index (χ4n) is 3.73. The van der Waals surface area contributed by atoms with Crippen molar-refractivity contribution in [3.8, 4) is 0 Å². The Morgan fingerprint density at radius 1 is 1.25 bits per heavy atom. The van der Waals surface area contributed by atoms with Crippen LogP contribution in [0.1, 0.15) is 44.6 Å². The van der Waals surface area contributed by atoms with Crippen molar-refractivity contribution in [1.29, 1.82) is 0 Å². The summed E-state index contributed by atoms with van der Waals surface area (Å²) in [6.07, 6.45) is 7.45. The van der Waals surface area contributed by atoms with Gasteiger partial charge in [-0.25, -0.2) is 0 Å². The second-order valence-corrected chi connectivity index (χ2v) is 6.47. The average molecular weight is 271 g/mol. The summed E-state index contributed by atoms with van der Waals surface area (Å²) in [6, 6.07) is 11.3. The van der Waals surface area contributed by atoms with E-state index in [0.29, 0.717) is 6.04 Å². The van der Waals surface area contributed by atoms with Crippen LogP contribution in [-0.4, -0.2) is 29.0 Å². The molecular weight excluding hydrogens is 246 g/mol. The first-order valence-corrected chi connectivity index (χ1v) is 7.82. The van der Waals surface area contributed by atoms with Crippen LogP contribution < -0.4 is 5.73 Å². The van der Waals surface area contributed by atoms with E-state index >= 15 is 0 Å². The van der Waals surface area contributed by atoms with Crippen molar-refractivity contribution in [3.05, 3.63) is 35.9 Å². The second-order valence-electron chi connectivity index (χ2n) is 6.47. The van der Waals surface area contributed by atoms with Crippen molar-refractivity contribution in [2.24, 2.45) is 10.7 Å². The van der Waals surface area contributed by atoms with E-state index in [1.54, 1.807) is 0 Å². The molecule has 0 aromatic heterocycles. The van der Waals surface area contributed by atoms with Gasteiger partial charge in [0.1, 0.15) is 0 Å². The summed E-state index contributed by atoms with van der Waals surface area (Å²) in [5.41, 5.74) is 7.69. The SMILES string of the molecule is CC1(CCc2ccccc2)CN=C(N)N1C1CCCC1. The maximum Gasteiger partial charge on any atom is 0.192 e. The van der Waals surface area contributed by atoms with Gasteiger partial charge >= 0.3 is 0 Å². The molecule has 2 aliphatic rings. The number of aryl methyl sites for hydroxylation is 1. The van der Waals surface area contributed by atoms with Gasteiger partial charge in [0.25, 0.3) is 0 Å². The van der Waals surface area contributed by atoms with Crippen LogP contribution in [0.25, 0.3) is 0 Å². The Bertz CT molecular complexity index is 476. The quantitative estimate of drug-likeness (QED) is 0.914. The van der Waals surface area contributed by atoms with E-state index in [9.17, 15) is 0 Å². The third kappa shape index (κ3) is 2.54. The molecule has 1 unspecified atom stereocenters. The fourth-order valence-corrected chi connectivity index (χ4v) is 3.73. The molecule has 0 amide bonds. The zero-order valence-electron chi connectivity index (χ0n) is 12.4. The van der Waals surface area contributed by atoms with Crippen LogP contribution in [0.4, 0.5) is 0 Å². The van der Waals surface area contributed by atoms with Gasteiger partial charge in [0.2, 0.25) is 0 Å². The van der Waals surface area contributed by atoms with Gasteiger partial charge in [-0.3, -0.25) is 4.99 Å². The number of rotatable bonds is 4. The third-order valence-corrected chi connectivity index (χ3v) is 4.90. The molecule has 0 radical (unpaired) electrons. The third-order valence-electron chi connectivity index (χ3n) is 4.90. The number of hydrogen-bond acceptors (Lipinski definition) is 3. The first kappa shape index (κ1) is 13.5. The fraction of sp³-hybridized carbons (Fsp3) is 0.588. The Balaban J connectivity index is 1.70. The first-order valence-electron chi connectivity index (χ1n) is 7.82. The van der Waals surface area contributed by atoms with Crippen molar-refractivity contribution in [2.75, 3.05) is 6.54 Å². The lowest BCUT2D eigenvalue weighted by Crippen LogP contribution is -2.54. The lowest BCUT2D eigenvalue weighted by atomic mass is 9.90. The summed E-state index contributed by atoms with van der Waals surface area (Å²) in [7, 11) is 0. The summed E-state index contributed by atoms with van der Waals surface area (Å²) >= 11 is 0. The van der Waals surface area contributed by atoms with Crippen LogP contribution in [0.2, 0.25) is 0 Å². The van der Waals surface area contributed by atoms with E-state index < -0.39 is 0 Å². The van der Waals surface area contributed by atoms with Gasteiger partial charge in [-0.05, 0) is 38.2 Å². The van der Waals surface area contributed by atoms with Gasteiger partial charge in [0, 0.05) is 6.04 Å². The Labute approximate surface area is 121 Å². The minimum atomic E-state index is 0.106. The van der Waals surface area contributed by atoms with Crippen molar-refractivity contribution in [2.45, 2.75) is 57.0 Å². The van der Waals surface area contributed by atoms with Crippen LogP contribution in [0.5, 0.6) is 0 Å². The molecule has 0 bridgehead atoms. The number of hydrogen-bond donors (Lipinski definition) is 1. The van der Waals surface area contributed by atoms with Gasteiger partial charge in [-0.2, -0.15) is 0 Å². The lowest BCUT2D eigenvalue weighted by molar-refractivity contribution is 0.156. The van der Waals surface area contributed by atoms with Gasteiger partial charge in [0.05, 0.1) is 12.1 Å². The number of aliphatic imine (C=N–C) groups is 1. The summed E-state index contributed by atoms with van der Waals surface area (Å²) in [5.74, 6) is 0.771. The number of benzene rings is 1. The first-order chi connectivity index (χ1) is 9.69. The molecule has 108 valence electrons. The van der Waals surface area contributed by atoms with Crippen LogP contribution in [0.3, 0.4) is 0 Å². The molecule has 1 aliphatic heterocycles. The molecule has 1 aliphatic carbocycles. The molecule has 0 saturated heterocycles. The molecule has 3 heteroatoms. The van der Waals surface area contributed by atoms with Gasteiger partial charge in [-0.1, -0.05) is 43.2 Å². The molecule has 0 spiro atoms. The molecule has 1 fully saturated rings. The maximum atomic E-state index is 6.18. The predicted molar refractivity (Wildman–Crippen MR) is 83.8 cm³/mol. The van der Waals surface area contributed by atoms with E-state index in [0.717, 1.165) is 25.3 Å². The Hall–Kier alpha value is -1.51. The molecule has 1 heterocycles. The number of guanidine groups is 1. The summed E-state index contributed by atoms with van der Waals surface area (Å²) in [5, 5.41) is 0. The summed E-state index contributed by atoms with van der Waals surface area (Å²) < 4.78 is 0. The molecule has 1 atom stereocenters. The largest absolute Gasteiger partial charge is 0.370 e. The van der Waals surface area contributed by atoms with Crippen molar-refractivity contribution in [3.63, 3.8) is 0 Å². The molecular formula is C17H25N3. The standard InChI is InChI=1S/C17H25N3/c1-17(12-11-14-7-3-2-4-8-14)13-19-16(18)20(17)15-9-5-6-10-15/h2-4,7-8,15H,5-6,9-13H2,1H3,(H2,18,19). The van der Waals surface area contributed by atoms with Gasteiger partial charge < -0.3 is 10.6 Å². The van der Waals surface area contributed by atoms with E-state index in [1.165, 1.54) is 31.2 Å². The van der Waals surface area contributed by atoms with E-state index in [2.05, 4.69) is 47.1 Å². The van der Waals surface area contributed by atoms with Crippen LogP contribution >= 0.6 is 0 Å². The Kier molecular flexibility index (Phi) is 3.68. The highest BCUT2D eigenvalue weighted by atomic mass is 15.4. The highest BCUT2D eigenvalue weighted by Gasteiger charge is 2.42. The summed E-state index contributed by atoms with van der Waals surface area (Å²) in [6.45, 7) is 3.18. The minimum absolute atomic E-state index is 0.106. The van der Waals surface area contributed by atoms with Gasteiger partial charge in [0.15, 0.2) is 5.96 Å². The van der Waals surface area contributed by atoms with Crippen molar-refractivity contribution < 1.29 is 0 Å². The molecule has 3 nitrogen and oxygen atoms in total. The van der Waals surface area contributed by atoms with E-state index in [1.807, 2.05) is 0 Å². The molecule has 1 aromatic carbocycles. The summed E-state index contributed by atoms with van der Waals surface area (Å²) in [4.78, 5) is 6.98. The highest BCUT2D eigenvalue weighted by Crippen LogP contribution is 2.34. The molecule has 2 N–H and O–H groups in total. The smallest absolute Gasteiger partial charge is 0.192 e. The van der Waals surface area contributed by atoms with Crippen molar-refractivity contribution in [1.82, 2.24) is 4.90 Å². The minimum Gasteiger partial charge on any atom is -0.370 e. The highest BCUT2D eigenvalue weighted by molar-refractivity contribution is 5.81. The van der Waals surface area contributed by atoms with E-state index in [-0.39, 0.29) is 5.54 Å². The molecule has 20 heavy (non-hydrogen) atoms. The van der Waals surface area contributed by atoms with Crippen LogP contribution in [0.15, 0.2) is 35.3 Å². The Morgan fingerprint density at radius 2 is 1.95 bits per heavy atom. The zero-order chi connectivity index (χ0) is 14.0. The normalized spacial score (nSPS) is 27.1. The number of nitrogens with zero attached hydrogens (tertiary/aromatic N) is 2. The maximum absolute atomic E-state index is 6.18. The molecule has 1 saturated carbocycles. The molecule has 1 aromatic rings. The van der Waals surface area contributed by atoms with Crippen molar-refractivity contribution >= 4 is 5.96 Å². The van der Waals surface area contributed by atoms with E-state index in [4.69, 9.17) is 5.73 Å². The lowest BCUT2D eigenvalue weighted by Gasteiger charge is -2.40.